The van der Waals surface area contributed by atoms with Crippen molar-refractivity contribution >= 4 is 17.8 Å². The first-order valence-corrected chi connectivity index (χ1v) is 7.63. The van der Waals surface area contributed by atoms with Crippen LogP contribution in [0.15, 0.2) is 30.3 Å². The summed E-state index contributed by atoms with van der Waals surface area (Å²) < 4.78 is 5.12. The number of alkyl carbamates (subject to hydrolysis) is 1. The van der Waals surface area contributed by atoms with Crippen LogP contribution in [-0.2, 0) is 20.9 Å². The van der Waals surface area contributed by atoms with Crippen molar-refractivity contribution in [2.24, 2.45) is 5.92 Å². The van der Waals surface area contributed by atoms with Gasteiger partial charge in [-0.15, -0.1) is 0 Å². The number of hydrogen-bond acceptors (Lipinski definition) is 4. The normalized spacial score (nSPS) is 11.7. The predicted octanol–water partition coefficient (Wildman–Crippen LogP) is 2.03. The van der Waals surface area contributed by atoms with Crippen molar-refractivity contribution in [1.82, 2.24) is 10.6 Å². The summed E-state index contributed by atoms with van der Waals surface area (Å²) >= 11 is 0. The van der Waals surface area contributed by atoms with Crippen LogP contribution < -0.4 is 10.6 Å². The van der Waals surface area contributed by atoms with E-state index in [4.69, 9.17) is 4.74 Å². The molecule has 0 fully saturated rings. The average molecular weight is 320 g/mol. The standard InChI is InChI=1S/C17H24N2O4/c1-12(2)9-15(16(21)18-10-13(3)20)19-17(22)23-11-14-7-5-4-6-8-14/h4-8,12,15H,9-11H2,1-3H3,(H,18,21)(H,19,22)/t15-/m0/s1. The minimum atomic E-state index is -0.724. The lowest BCUT2D eigenvalue weighted by Crippen LogP contribution is -2.48. The molecule has 1 atom stereocenters. The molecule has 0 bridgehead atoms. The highest BCUT2D eigenvalue weighted by atomic mass is 16.5. The van der Waals surface area contributed by atoms with Crippen LogP contribution in [0, 0.1) is 5.92 Å². The van der Waals surface area contributed by atoms with Gasteiger partial charge in [-0.1, -0.05) is 44.2 Å². The number of Topliss-reactive ketones (excluding diaryl/α,β-unsaturated/α-hetero) is 1. The Hall–Kier alpha value is -2.37. The molecule has 0 spiro atoms. The van der Waals surface area contributed by atoms with E-state index >= 15 is 0 Å². The first-order chi connectivity index (χ1) is 10.9. The van der Waals surface area contributed by atoms with E-state index in [1.54, 1.807) is 0 Å². The Morgan fingerprint density at radius 3 is 2.35 bits per heavy atom. The van der Waals surface area contributed by atoms with E-state index in [2.05, 4.69) is 10.6 Å². The van der Waals surface area contributed by atoms with E-state index in [0.717, 1.165) is 5.56 Å². The van der Waals surface area contributed by atoms with Crippen LogP contribution in [0.5, 0.6) is 0 Å². The lowest BCUT2D eigenvalue weighted by Gasteiger charge is -2.19. The first kappa shape index (κ1) is 18.7. The van der Waals surface area contributed by atoms with Crippen molar-refractivity contribution in [3.05, 3.63) is 35.9 Å². The fraction of sp³-hybridized carbons (Fsp3) is 0.471. The van der Waals surface area contributed by atoms with Crippen molar-refractivity contribution in [1.29, 1.82) is 0 Å². The molecule has 0 saturated heterocycles. The zero-order valence-corrected chi connectivity index (χ0v) is 13.8. The second-order valence-electron chi connectivity index (χ2n) is 5.81. The van der Waals surface area contributed by atoms with Gasteiger partial charge in [0.05, 0.1) is 6.54 Å². The average Bonchev–Trinajstić information content (AvgIpc) is 2.50. The third-order valence-corrected chi connectivity index (χ3v) is 3.04. The summed E-state index contributed by atoms with van der Waals surface area (Å²) in [7, 11) is 0. The molecule has 1 aromatic carbocycles. The third kappa shape index (κ3) is 7.99. The third-order valence-electron chi connectivity index (χ3n) is 3.04. The molecule has 2 amide bonds. The number of benzene rings is 1. The number of nitrogens with one attached hydrogen (secondary N) is 2. The van der Waals surface area contributed by atoms with Gasteiger partial charge in [-0.25, -0.2) is 4.79 Å². The number of ether oxygens (including phenoxy) is 1. The molecule has 6 nitrogen and oxygen atoms in total. The van der Waals surface area contributed by atoms with Gasteiger partial charge < -0.3 is 15.4 Å². The van der Waals surface area contributed by atoms with Gasteiger partial charge in [-0.05, 0) is 24.8 Å². The highest BCUT2D eigenvalue weighted by Crippen LogP contribution is 2.06. The van der Waals surface area contributed by atoms with E-state index in [-0.39, 0.29) is 30.8 Å². The molecule has 0 aromatic heterocycles. The van der Waals surface area contributed by atoms with Crippen LogP contribution in [0.25, 0.3) is 0 Å². The van der Waals surface area contributed by atoms with Gasteiger partial charge in [0.15, 0.2) is 0 Å². The summed E-state index contributed by atoms with van der Waals surface area (Å²) in [5.41, 5.74) is 0.865. The molecule has 0 aliphatic heterocycles. The Bertz CT molecular complexity index is 529. The van der Waals surface area contributed by atoms with Gasteiger partial charge in [0.25, 0.3) is 0 Å². The molecule has 23 heavy (non-hydrogen) atoms. The molecule has 2 N–H and O–H groups in total. The molecule has 126 valence electrons. The SMILES string of the molecule is CC(=O)CNC(=O)[C@H](CC(C)C)NC(=O)OCc1ccccc1. The molecule has 0 unspecified atom stereocenters. The summed E-state index contributed by atoms with van der Waals surface area (Å²) in [6, 6.07) is 8.55. The lowest BCUT2D eigenvalue weighted by molar-refractivity contribution is -0.126. The maximum atomic E-state index is 12.1. The number of ketones is 1. The minimum Gasteiger partial charge on any atom is -0.445 e. The Morgan fingerprint density at radius 1 is 1.13 bits per heavy atom. The van der Waals surface area contributed by atoms with Crippen molar-refractivity contribution in [2.75, 3.05) is 6.54 Å². The maximum absolute atomic E-state index is 12.1. The molecule has 0 heterocycles. The van der Waals surface area contributed by atoms with Crippen molar-refractivity contribution in [3.63, 3.8) is 0 Å². The highest BCUT2D eigenvalue weighted by Gasteiger charge is 2.22. The van der Waals surface area contributed by atoms with Gasteiger partial charge in [-0.3, -0.25) is 9.59 Å². The molecule has 0 saturated carbocycles. The topological polar surface area (TPSA) is 84.5 Å². The van der Waals surface area contributed by atoms with Crippen LogP contribution in [-0.4, -0.2) is 30.4 Å². The molecule has 6 heteroatoms. The largest absolute Gasteiger partial charge is 0.445 e. The van der Waals surface area contributed by atoms with Gasteiger partial charge >= 0.3 is 6.09 Å². The Labute approximate surface area is 136 Å². The first-order valence-electron chi connectivity index (χ1n) is 7.63. The van der Waals surface area contributed by atoms with Crippen LogP contribution >= 0.6 is 0 Å². The Kier molecular flexibility index (Phi) is 7.80. The van der Waals surface area contributed by atoms with Crippen LogP contribution in [0.2, 0.25) is 0 Å². The predicted molar refractivity (Wildman–Crippen MR) is 86.7 cm³/mol. The molecule has 1 rings (SSSR count). The number of amides is 2. The lowest BCUT2D eigenvalue weighted by atomic mass is 10.0. The molecule has 0 aliphatic rings. The van der Waals surface area contributed by atoms with E-state index in [1.807, 2.05) is 44.2 Å². The van der Waals surface area contributed by atoms with E-state index in [9.17, 15) is 14.4 Å². The quantitative estimate of drug-likeness (QED) is 0.767. The van der Waals surface area contributed by atoms with Gasteiger partial charge in [0, 0.05) is 0 Å². The summed E-state index contributed by atoms with van der Waals surface area (Å²) in [5, 5.41) is 5.07. The Morgan fingerprint density at radius 2 is 1.78 bits per heavy atom. The molecule has 0 radical (unpaired) electrons. The Balaban J connectivity index is 2.52. The summed E-state index contributed by atoms with van der Waals surface area (Å²) in [6.07, 6.45) is -0.193. The fourth-order valence-corrected chi connectivity index (χ4v) is 1.94. The maximum Gasteiger partial charge on any atom is 0.408 e. The fourth-order valence-electron chi connectivity index (χ4n) is 1.94. The van der Waals surface area contributed by atoms with Crippen LogP contribution in [0.1, 0.15) is 32.8 Å². The monoisotopic (exact) mass is 320 g/mol. The zero-order chi connectivity index (χ0) is 17.2. The van der Waals surface area contributed by atoms with E-state index in [0.29, 0.717) is 6.42 Å². The second kappa shape index (κ2) is 9.61. The number of carbonyl (C=O) groups excluding carboxylic acids is 3. The van der Waals surface area contributed by atoms with E-state index in [1.165, 1.54) is 6.92 Å². The molecular formula is C17H24N2O4. The van der Waals surface area contributed by atoms with Crippen molar-refractivity contribution in [3.8, 4) is 0 Å². The van der Waals surface area contributed by atoms with Gasteiger partial charge in [0.2, 0.25) is 5.91 Å². The second-order valence-corrected chi connectivity index (χ2v) is 5.81. The van der Waals surface area contributed by atoms with Crippen molar-refractivity contribution < 1.29 is 19.1 Å². The summed E-state index contributed by atoms with van der Waals surface area (Å²) in [5.74, 6) is -0.323. The van der Waals surface area contributed by atoms with Gasteiger partial charge in [-0.2, -0.15) is 0 Å². The molecule has 1 aromatic rings. The van der Waals surface area contributed by atoms with E-state index < -0.39 is 12.1 Å². The molecule has 0 aliphatic carbocycles. The van der Waals surface area contributed by atoms with Crippen LogP contribution in [0.3, 0.4) is 0 Å². The molecular weight excluding hydrogens is 296 g/mol. The summed E-state index contributed by atoms with van der Waals surface area (Å²) in [4.78, 5) is 34.9. The minimum absolute atomic E-state index is 0.0474. The number of carbonyl (C=O) groups is 3. The van der Waals surface area contributed by atoms with Crippen LogP contribution in [0.4, 0.5) is 4.79 Å². The summed E-state index contributed by atoms with van der Waals surface area (Å²) in [6.45, 7) is 5.37. The number of hydrogen-bond donors (Lipinski definition) is 2. The zero-order valence-electron chi connectivity index (χ0n) is 13.8. The smallest absolute Gasteiger partial charge is 0.408 e. The highest BCUT2D eigenvalue weighted by molar-refractivity contribution is 5.89. The van der Waals surface area contributed by atoms with Crippen molar-refractivity contribution in [2.45, 2.75) is 39.8 Å². The van der Waals surface area contributed by atoms with Gasteiger partial charge in [0.1, 0.15) is 18.4 Å². The number of rotatable bonds is 8.